The molecule has 0 saturated heterocycles. The van der Waals surface area contributed by atoms with E-state index in [1.54, 1.807) is 0 Å². The van der Waals surface area contributed by atoms with Gasteiger partial charge in [-0.15, -0.1) is 0 Å². The molecule has 0 bridgehead atoms. The first-order valence-electron chi connectivity index (χ1n) is 8.43. The number of amides is 2. The Kier molecular flexibility index (Phi) is 5.62. The van der Waals surface area contributed by atoms with Gasteiger partial charge in [0.1, 0.15) is 6.42 Å². The van der Waals surface area contributed by atoms with E-state index in [1.807, 2.05) is 56.3 Å². The summed E-state index contributed by atoms with van der Waals surface area (Å²) in [5.74, 6) is -0.642. The molecule has 2 rings (SSSR count). The van der Waals surface area contributed by atoms with Gasteiger partial charge in [-0.25, -0.2) is 0 Å². The summed E-state index contributed by atoms with van der Waals surface area (Å²) in [7, 11) is 0. The van der Waals surface area contributed by atoms with E-state index in [1.165, 1.54) is 0 Å². The van der Waals surface area contributed by atoms with Crippen molar-refractivity contribution in [1.82, 2.24) is 0 Å². The maximum atomic E-state index is 12.3. The molecule has 2 aromatic rings. The van der Waals surface area contributed by atoms with Gasteiger partial charge in [0.2, 0.25) is 11.8 Å². The molecule has 2 N–H and O–H groups in total. The highest BCUT2D eigenvalue weighted by Gasteiger charge is 2.19. The molecule has 4 heteroatoms. The molecule has 25 heavy (non-hydrogen) atoms. The smallest absolute Gasteiger partial charge is 0.233 e. The van der Waals surface area contributed by atoms with Crippen molar-refractivity contribution in [3.05, 3.63) is 59.2 Å². The van der Waals surface area contributed by atoms with Crippen molar-refractivity contribution in [2.24, 2.45) is 0 Å². The van der Waals surface area contributed by atoms with E-state index < -0.39 is 0 Å². The fourth-order valence-corrected chi connectivity index (χ4v) is 2.73. The highest BCUT2D eigenvalue weighted by atomic mass is 16.2. The minimum atomic E-state index is -0.322. The van der Waals surface area contributed by atoms with Crippen molar-refractivity contribution < 1.29 is 9.59 Å². The molecule has 0 saturated carbocycles. The molecule has 0 heterocycles. The zero-order valence-electron chi connectivity index (χ0n) is 15.6. The molecule has 0 unspecified atom stereocenters. The molecule has 0 radical (unpaired) electrons. The van der Waals surface area contributed by atoms with Crippen LogP contribution in [0.2, 0.25) is 0 Å². The summed E-state index contributed by atoms with van der Waals surface area (Å²) >= 11 is 0. The van der Waals surface area contributed by atoms with E-state index in [4.69, 9.17) is 0 Å². The third kappa shape index (κ3) is 5.18. The maximum absolute atomic E-state index is 12.3. The Labute approximate surface area is 149 Å². The molecule has 0 atom stereocenters. The second-order valence-electron chi connectivity index (χ2n) is 7.39. The molecule has 0 aliphatic carbocycles. The fourth-order valence-electron chi connectivity index (χ4n) is 2.73. The van der Waals surface area contributed by atoms with E-state index in [-0.39, 0.29) is 23.7 Å². The summed E-state index contributed by atoms with van der Waals surface area (Å²) < 4.78 is 0. The van der Waals surface area contributed by atoms with Crippen molar-refractivity contribution >= 4 is 23.2 Å². The number of rotatable bonds is 4. The summed E-state index contributed by atoms with van der Waals surface area (Å²) in [6, 6.07) is 13.5. The van der Waals surface area contributed by atoms with Crippen molar-refractivity contribution in [2.45, 2.75) is 46.5 Å². The molecule has 2 aromatic carbocycles. The quantitative estimate of drug-likeness (QED) is 0.802. The SMILES string of the molecule is Cc1ccc(NC(=O)CC(=O)Nc2ccccc2C(C)(C)C)c(C)c1. The number of carbonyl (C=O) groups excluding carboxylic acids is 2. The molecule has 2 amide bonds. The largest absolute Gasteiger partial charge is 0.325 e. The molecule has 0 aliphatic heterocycles. The lowest BCUT2D eigenvalue weighted by Gasteiger charge is -2.23. The lowest BCUT2D eigenvalue weighted by atomic mass is 9.86. The van der Waals surface area contributed by atoms with Gasteiger partial charge in [-0.05, 0) is 42.5 Å². The highest BCUT2D eigenvalue weighted by molar-refractivity contribution is 6.08. The first-order chi connectivity index (χ1) is 11.7. The fraction of sp³-hybridized carbons (Fsp3) is 0.333. The second kappa shape index (κ2) is 7.51. The van der Waals surface area contributed by atoms with Crippen LogP contribution in [0.15, 0.2) is 42.5 Å². The van der Waals surface area contributed by atoms with Crippen molar-refractivity contribution in [2.75, 3.05) is 10.6 Å². The summed E-state index contributed by atoms with van der Waals surface area (Å²) in [5, 5.41) is 5.66. The van der Waals surface area contributed by atoms with E-state index in [0.29, 0.717) is 0 Å². The van der Waals surface area contributed by atoms with Crippen LogP contribution in [-0.2, 0) is 15.0 Å². The summed E-state index contributed by atoms with van der Waals surface area (Å²) in [6.45, 7) is 10.2. The van der Waals surface area contributed by atoms with Gasteiger partial charge in [0.25, 0.3) is 0 Å². The number of hydrogen-bond acceptors (Lipinski definition) is 2. The van der Waals surface area contributed by atoms with E-state index in [0.717, 1.165) is 28.1 Å². The monoisotopic (exact) mass is 338 g/mol. The minimum Gasteiger partial charge on any atom is -0.325 e. The topological polar surface area (TPSA) is 58.2 Å². The van der Waals surface area contributed by atoms with Crippen LogP contribution >= 0.6 is 0 Å². The van der Waals surface area contributed by atoms with Gasteiger partial charge in [0.15, 0.2) is 0 Å². The van der Waals surface area contributed by atoms with Gasteiger partial charge in [-0.2, -0.15) is 0 Å². The normalized spacial score (nSPS) is 11.1. The Morgan fingerprint density at radius 3 is 2.08 bits per heavy atom. The molecule has 0 spiro atoms. The average Bonchev–Trinajstić information content (AvgIpc) is 2.49. The average molecular weight is 338 g/mol. The number of hydrogen-bond donors (Lipinski definition) is 2. The Morgan fingerprint density at radius 2 is 1.48 bits per heavy atom. The number of carbonyl (C=O) groups is 2. The first-order valence-corrected chi connectivity index (χ1v) is 8.43. The number of anilines is 2. The van der Waals surface area contributed by atoms with Crippen molar-refractivity contribution in [3.63, 3.8) is 0 Å². The Bertz CT molecular complexity index is 789. The van der Waals surface area contributed by atoms with Gasteiger partial charge >= 0.3 is 0 Å². The van der Waals surface area contributed by atoms with E-state index >= 15 is 0 Å². The van der Waals surface area contributed by atoms with E-state index in [9.17, 15) is 9.59 Å². The summed E-state index contributed by atoms with van der Waals surface area (Å²) in [5.41, 5.74) is 4.54. The van der Waals surface area contributed by atoms with E-state index in [2.05, 4.69) is 31.4 Å². The number of aryl methyl sites for hydroxylation is 2. The molecular weight excluding hydrogens is 312 g/mol. The van der Waals surface area contributed by atoms with Crippen LogP contribution in [0, 0.1) is 13.8 Å². The first kappa shape index (κ1) is 18.7. The van der Waals surface area contributed by atoms with Crippen LogP contribution in [0.25, 0.3) is 0 Å². The van der Waals surface area contributed by atoms with Crippen LogP contribution in [0.5, 0.6) is 0 Å². The standard InChI is InChI=1S/C21H26N2O2/c1-14-10-11-17(15(2)12-14)22-19(24)13-20(25)23-18-9-7-6-8-16(18)21(3,4)5/h6-12H,13H2,1-5H3,(H,22,24)(H,23,25). The van der Waals surface area contributed by atoms with Crippen molar-refractivity contribution in [3.8, 4) is 0 Å². The van der Waals surface area contributed by atoms with Gasteiger partial charge in [0, 0.05) is 11.4 Å². The van der Waals surface area contributed by atoms with Gasteiger partial charge in [-0.3, -0.25) is 9.59 Å². The predicted octanol–water partition coefficient (Wildman–Crippen LogP) is 4.57. The van der Waals surface area contributed by atoms with Crippen LogP contribution in [0.3, 0.4) is 0 Å². The lowest BCUT2D eigenvalue weighted by molar-refractivity contribution is -0.123. The minimum absolute atomic E-state index is 0.0921. The van der Waals surface area contributed by atoms with Crippen molar-refractivity contribution in [1.29, 1.82) is 0 Å². The Hall–Kier alpha value is -2.62. The third-order valence-corrected chi connectivity index (χ3v) is 3.99. The zero-order valence-corrected chi connectivity index (χ0v) is 15.6. The maximum Gasteiger partial charge on any atom is 0.233 e. The molecule has 132 valence electrons. The number of nitrogens with one attached hydrogen (secondary N) is 2. The zero-order chi connectivity index (χ0) is 18.6. The van der Waals surface area contributed by atoms with Crippen LogP contribution in [0.4, 0.5) is 11.4 Å². The second-order valence-corrected chi connectivity index (χ2v) is 7.39. The summed E-state index contributed by atoms with van der Waals surface area (Å²) in [4.78, 5) is 24.4. The summed E-state index contributed by atoms with van der Waals surface area (Å²) in [6.07, 6.45) is -0.216. The van der Waals surface area contributed by atoms with Crippen LogP contribution in [0.1, 0.15) is 43.9 Å². The number of benzene rings is 2. The Balaban J connectivity index is 2.02. The third-order valence-electron chi connectivity index (χ3n) is 3.99. The van der Waals surface area contributed by atoms with Gasteiger partial charge in [0.05, 0.1) is 0 Å². The van der Waals surface area contributed by atoms with Crippen LogP contribution in [-0.4, -0.2) is 11.8 Å². The van der Waals surface area contributed by atoms with Gasteiger partial charge in [-0.1, -0.05) is 56.7 Å². The lowest BCUT2D eigenvalue weighted by Crippen LogP contribution is -2.23. The predicted molar refractivity (Wildman–Crippen MR) is 103 cm³/mol. The molecule has 0 fully saturated rings. The van der Waals surface area contributed by atoms with Crippen LogP contribution < -0.4 is 10.6 Å². The molecular formula is C21H26N2O2. The highest BCUT2D eigenvalue weighted by Crippen LogP contribution is 2.29. The molecule has 0 aliphatic rings. The number of para-hydroxylation sites is 1. The molecule has 0 aromatic heterocycles. The molecule has 4 nitrogen and oxygen atoms in total. The Morgan fingerprint density at radius 1 is 0.880 bits per heavy atom. The van der Waals surface area contributed by atoms with Gasteiger partial charge < -0.3 is 10.6 Å².